The first-order valence-corrected chi connectivity index (χ1v) is 5.44. The topological polar surface area (TPSA) is 47.3 Å². The Bertz CT molecular complexity index is 503. The predicted octanol–water partition coefficient (Wildman–Crippen LogP) is 1.82. The van der Waals surface area contributed by atoms with Crippen LogP contribution in [0.4, 0.5) is 0 Å². The summed E-state index contributed by atoms with van der Waals surface area (Å²) in [5.41, 5.74) is 2.63. The van der Waals surface area contributed by atoms with Crippen LogP contribution in [-0.4, -0.2) is 22.0 Å². The molecule has 0 saturated carbocycles. The maximum atomic E-state index is 10.3. The highest BCUT2D eigenvalue weighted by atomic mass is 16.5. The van der Waals surface area contributed by atoms with Gasteiger partial charge in [-0.25, -0.2) is 0 Å². The van der Waals surface area contributed by atoms with Crippen molar-refractivity contribution in [2.24, 2.45) is 7.05 Å². The fourth-order valence-electron chi connectivity index (χ4n) is 1.75. The van der Waals surface area contributed by atoms with E-state index >= 15 is 0 Å². The standard InChI is InChI=1S/C13H16N2O2/c1-9-12(8-14-15(9)2)13(16)10-4-6-11(17-3)7-5-10/h4-8,13,16H,1-3H3. The number of hydrogen-bond acceptors (Lipinski definition) is 3. The molecule has 0 aliphatic heterocycles. The van der Waals surface area contributed by atoms with Gasteiger partial charge in [-0.3, -0.25) is 4.68 Å². The molecule has 1 heterocycles. The summed E-state index contributed by atoms with van der Waals surface area (Å²) in [6.07, 6.45) is 1.05. The molecule has 0 saturated heterocycles. The molecule has 4 heteroatoms. The van der Waals surface area contributed by atoms with E-state index < -0.39 is 6.10 Å². The van der Waals surface area contributed by atoms with Crippen molar-refractivity contribution in [2.75, 3.05) is 7.11 Å². The first kappa shape index (κ1) is 11.7. The molecule has 1 aromatic carbocycles. The molecule has 0 amide bonds. The van der Waals surface area contributed by atoms with Gasteiger partial charge in [0.05, 0.1) is 13.3 Å². The molecule has 0 fully saturated rings. The lowest BCUT2D eigenvalue weighted by Crippen LogP contribution is -2.02. The van der Waals surface area contributed by atoms with Crippen molar-refractivity contribution >= 4 is 0 Å². The lowest BCUT2D eigenvalue weighted by Gasteiger charge is -2.11. The molecule has 1 atom stereocenters. The Morgan fingerprint density at radius 3 is 2.41 bits per heavy atom. The SMILES string of the molecule is COc1ccc(C(O)c2cnn(C)c2C)cc1. The molecule has 2 aromatic rings. The van der Waals surface area contributed by atoms with Gasteiger partial charge in [0.25, 0.3) is 0 Å². The zero-order chi connectivity index (χ0) is 12.4. The van der Waals surface area contributed by atoms with Crippen molar-refractivity contribution in [1.82, 2.24) is 9.78 Å². The Morgan fingerprint density at radius 2 is 1.94 bits per heavy atom. The zero-order valence-corrected chi connectivity index (χ0v) is 10.2. The van der Waals surface area contributed by atoms with Gasteiger partial charge in [-0.1, -0.05) is 12.1 Å². The highest BCUT2D eigenvalue weighted by Crippen LogP contribution is 2.25. The number of nitrogens with zero attached hydrogens (tertiary/aromatic N) is 2. The Kier molecular flexibility index (Phi) is 3.15. The minimum absolute atomic E-state index is 0.644. The molecule has 4 nitrogen and oxygen atoms in total. The van der Waals surface area contributed by atoms with Gasteiger partial charge in [0.15, 0.2) is 0 Å². The Hall–Kier alpha value is -1.81. The molecule has 0 radical (unpaired) electrons. The molecule has 1 N–H and O–H groups in total. The number of aliphatic hydroxyl groups excluding tert-OH is 1. The number of aromatic nitrogens is 2. The number of methoxy groups -OCH3 is 1. The molecular formula is C13H16N2O2. The molecule has 0 spiro atoms. The monoisotopic (exact) mass is 232 g/mol. The van der Waals surface area contributed by atoms with E-state index in [0.717, 1.165) is 22.6 Å². The number of rotatable bonds is 3. The zero-order valence-electron chi connectivity index (χ0n) is 10.2. The first-order chi connectivity index (χ1) is 8.13. The van der Waals surface area contributed by atoms with Gasteiger partial charge < -0.3 is 9.84 Å². The minimum Gasteiger partial charge on any atom is -0.497 e. The number of aryl methyl sites for hydroxylation is 1. The van der Waals surface area contributed by atoms with Crippen molar-refractivity contribution in [3.05, 3.63) is 47.3 Å². The van der Waals surface area contributed by atoms with E-state index in [0.29, 0.717) is 0 Å². The van der Waals surface area contributed by atoms with Crippen molar-refractivity contribution in [3.8, 4) is 5.75 Å². The van der Waals surface area contributed by atoms with Crippen molar-refractivity contribution < 1.29 is 9.84 Å². The van der Waals surface area contributed by atoms with Gasteiger partial charge in [0, 0.05) is 18.3 Å². The summed E-state index contributed by atoms with van der Waals surface area (Å²) in [7, 11) is 3.48. The third kappa shape index (κ3) is 2.17. The first-order valence-electron chi connectivity index (χ1n) is 5.44. The molecular weight excluding hydrogens is 216 g/mol. The van der Waals surface area contributed by atoms with Crippen LogP contribution in [0.3, 0.4) is 0 Å². The van der Waals surface area contributed by atoms with Crippen molar-refractivity contribution in [3.63, 3.8) is 0 Å². The molecule has 0 aliphatic rings. The quantitative estimate of drug-likeness (QED) is 0.878. The molecule has 1 unspecified atom stereocenters. The van der Waals surface area contributed by atoms with E-state index in [1.807, 2.05) is 38.2 Å². The average molecular weight is 232 g/mol. The molecule has 2 rings (SSSR count). The van der Waals surface area contributed by atoms with Crippen LogP contribution in [0.5, 0.6) is 5.75 Å². The lowest BCUT2D eigenvalue weighted by atomic mass is 10.0. The van der Waals surface area contributed by atoms with Crippen LogP contribution in [0.2, 0.25) is 0 Å². The highest BCUT2D eigenvalue weighted by Gasteiger charge is 2.15. The summed E-state index contributed by atoms with van der Waals surface area (Å²) in [4.78, 5) is 0. The van der Waals surface area contributed by atoms with Crippen LogP contribution in [0, 0.1) is 6.92 Å². The lowest BCUT2D eigenvalue weighted by molar-refractivity contribution is 0.219. The second kappa shape index (κ2) is 4.59. The van der Waals surface area contributed by atoms with Crippen LogP contribution >= 0.6 is 0 Å². The highest BCUT2D eigenvalue weighted by molar-refractivity contribution is 5.34. The Balaban J connectivity index is 2.30. The summed E-state index contributed by atoms with van der Waals surface area (Å²) < 4.78 is 6.84. The van der Waals surface area contributed by atoms with Crippen LogP contribution in [0.1, 0.15) is 22.9 Å². The molecule has 17 heavy (non-hydrogen) atoms. The van der Waals surface area contributed by atoms with E-state index in [1.165, 1.54) is 0 Å². The Morgan fingerprint density at radius 1 is 1.29 bits per heavy atom. The van der Waals surface area contributed by atoms with E-state index in [9.17, 15) is 5.11 Å². The number of hydrogen-bond donors (Lipinski definition) is 1. The van der Waals surface area contributed by atoms with Crippen LogP contribution < -0.4 is 4.74 Å². The van der Waals surface area contributed by atoms with Crippen LogP contribution in [0.15, 0.2) is 30.5 Å². The van der Waals surface area contributed by atoms with E-state index in [4.69, 9.17) is 4.74 Å². The smallest absolute Gasteiger partial charge is 0.118 e. The molecule has 0 bridgehead atoms. The van der Waals surface area contributed by atoms with Crippen LogP contribution in [-0.2, 0) is 7.05 Å². The van der Waals surface area contributed by atoms with Gasteiger partial charge >= 0.3 is 0 Å². The molecule has 90 valence electrons. The minimum atomic E-state index is -0.644. The van der Waals surface area contributed by atoms with Crippen LogP contribution in [0.25, 0.3) is 0 Å². The largest absolute Gasteiger partial charge is 0.497 e. The summed E-state index contributed by atoms with van der Waals surface area (Å²) in [5, 5.41) is 14.4. The maximum absolute atomic E-state index is 10.3. The third-order valence-corrected chi connectivity index (χ3v) is 3.00. The molecule has 0 aliphatic carbocycles. The van der Waals surface area contributed by atoms with Gasteiger partial charge in [-0.05, 0) is 24.6 Å². The summed E-state index contributed by atoms with van der Waals surface area (Å²) in [6.45, 7) is 1.94. The number of benzene rings is 1. The van der Waals surface area contributed by atoms with E-state index in [-0.39, 0.29) is 0 Å². The number of aliphatic hydroxyl groups is 1. The van der Waals surface area contributed by atoms with Gasteiger partial charge in [0.2, 0.25) is 0 Å². The third-order valence-electron chi connectivity index (χ3n) is 3.00. The van der Waals surface area contributed by atoms with Gasteiger partial charge in [-0.2, -0.15) is 5.10 Å². The molecule has 1 aromatic heterocycles. The van der Waals surface area contributed by atoms with Gasteiger partial charge in [0.1, 0.15) is 11.9 Å². The fourth-order valence-corrected chi connectivity index (χ4v) is 1.75. The van der Waals surface area contributed by atoms with E-state index in [2.05, 4.69) is 5.10 Å². The average Bonchev–Trinajstić information content (AvgIpc) is 2.69. The second-order valence-corrected chi connectivity index (χ2v) is 3.98. The summed E-state index contributed by atoms with van der Waals surface area (Å²) in [5.74, 6) is 0.781. The second-order valence-electron chi connectivity index (χ2n) is 3.98. The van der Waals surface area contributed by atoms with E-state index in [1.54, 1.807) is 18.0 Å². The predicted molar refractivity (Wildman–Crippen MR) is 65.0 cm³/mol. The summed E-state index contributed by atoms with van der Waals surface area (Å²) in [6, 6.07) is 7.39. The normalized spacial score (nSPS) is 12.5. The van der Waals surface area contributed by atoms with Crippen molar-refractivity contribution in [1.29, 1.82) is 0 Å². The maximum Gasteiger partial charge on any atom is 0.118 e. The number of ether oxygens (including phenoxy) is 1. The fraction of sp³-hybridized carbons (Fsp3) is 0.308. The summed E-state index contributed by atoms with van der Waals surface area (Å²) >= 11 is 0. The van der Waals surface area contributed by atoms with Crippen molar-refractivity contribution in [2.45, 2.75) is 13.0 Å². The Labute approximate surface area is 100 Å². The van der Waals surface area contributed by atoms with Gasteiger partial charge in [-0.15, -0.1) is 0 Å².